The molecule has 0 bridgehead atoms. The fraction of sp³-hybridized carbons (Fsp3) is 0.789. The third-order valence-electron chi connectivity index (χ3n) is 4.89. The Morgan fingerprint density at radius 3 is 2.79 bits per heavy atom. The summed E-state index contributed by atoms with van der Waals surface area (Å²) in [7, 11) is 3.88. The fourth-order valence-corrected chi connectivity index (χ4v) is 3.44. The molecular weight excluding hydrogens is 298 g/mol. The van der Waals surface area contributed by atoms with E-state index in [1.165, 1.54) is 44.1 Å². The van der Waals surface area contributed by atoms with E-state index < -0.39 is 0 Å². The van der Waals surface area contributed by atoms with Crippen molar-refractivity contribution in [3.8, 4) is 0 Å². The molecule has 136 valence electrons. The lowest BCUT2D eigenvalue weighted by atomic mass is 10.0. The Morgan fingerprint density at radius 2 is 2.12 bits per heavy atom. The first-order chi connectivity index (χ1) is 11.6. The highest BCUT2D eigenvalue weighted by Crippen LogP contribution is 2.26. The van der Waals surface area contributed by atoms with Gasteiger partial charge in [-0.2, -0.15) is 5.10 Å². The zero-order valence-electron chi connectivity index (χ0n) is 16.0. The molecule has 1 aromatic rings. The lowest BCUT2D eigenvalue weighted by Gasteiger charge is -2.21. The molecule has 1 atom stereocenters. The van der Waals surface area contributed by atoms with Gasteiger partial charge in [0.25, 0.3) is 0 Å². The van der Waals surface area contributed by atoms with E-state index in [0.29, 0.717) is 5.92 Å². The number of unbranched alkanes of at least 4 members (excludes halogenated alkanes) is 3. The third kappa shape index (κ3) is 5.84. The number of nitrogens with one attached hydrogen (secondary N) is 1. The average molecular weight is 334 g/mol. The molecule has 0 spiro atoms. The monoisotopic (exact) mass is 333 g/mol. The largest absolute Gasteiger partial charge is 0.356 e. The van der Waals surface area contributed by atoms with E-state index in [-0.39, 0.29) is 0 Å². The van der Waals surface area contributed by atoms with E-state index >= 15 is 0 Å². The molecule has 2 heterocycles. The van der Waals surface area contributed by atoms with Gasteiger partial charge in [-0.15, -0.1) is 0 Å². The maximum Gasteiger partial charge on any atom is 0.193 e. The van der Waals surface area contributed by atoms with Crippen molar-refractivity contribution in [2.24, 2.45) is 18.0 Å². The second kappa shape index (κ2) is 9.70. The lowest BCUT2D eigenvalue weighted by Crippen LogP contribution is -2.40. The first kappa shape index (κ1) is 18.8. The van der Waals surface area contributed by atoms with Crippen LogP contribution in [0, 0.1) is 5.92 Å². The molecular formula is C19H35N5. The van der Waals surface area contributed by atoms with Crippen molar-refractivity contribution in [2.75, 3.05) is 26.7 Å². The van der Waals surface area contributed by atoms with Crippen LogP contribution in [0.25, 0.3) is 0 Å². The Bertz CT molecular complexity index is 506. The number of aryl methyl sites for hydroxylation is 1. The summed E-state index contributed by atoms with van der Waals surface area (Å²) < 4.78 is 1.89. The van der Waals surface area contributed by atoms with Crippen LogP contribution in [0.2, 0.25) is 0 Å². The standard InChI is InChI=1S/C19H35N5/c1-16(2)9-7-5-6-8-11-21-19(20-3)24-12-10-17(15-24)18-13-22-23(4)14-18/h13-14,16-17H,5-12,15H2,1-4H3,(H,20,21). The molecule has 0 aromatic carbocycles. The lowest BCUT2D eigenvalue weighted by molar-refractivity contribution is 0.480. The van der Waals surface area contributed by atoms with Crippen molar-refractivity contribution in [2.45, 2.75) is 58.3 Å². The van der Waals surface area contributed by atoms with Gasteiger partial charge in [0.05, 0.1) is 6.20 Å². The van der Waals surface area contributed by atoms with E-state index in [0.717, 1.165) is 31.5 Å². The number of likely N-dealkylation sites (tertiary alicyclic amines) is 1. The third-order valence-corrected chi connectivity index (χ3v) is 4.89. The summed E-state index contributed by atoms with van der Waals surface area (Å²) in [6.45, 7) is 7.76. The molecule has 1 unspecified atom stereocenters. The predicted octanol–water partition coefficient (Wildman–Crippen LogP) is 3.39. The number of rotatable bonds is 8. The van der Waals surface area contributed by atoms with Crippen molar-refractivity contribution in [3.63, 3.8) is 0 Å². The molecule has 2 rings (SSSR count). The van der Waals surface area contributed by atoms with Crippen molar-refractivity contribution in [1.82, 2.24) is 20.0 Å². The van der Waals surface area contributed by atoms with Gasteiger partial charge in [-0.05, 0) is 24.3 Å². The molecule has 1 aliphatic heterocycles. The van der Waals surface area contributed by atoms with Gasteiger partial charge in [0.1, 0.15) is 0 Å². The Labute approximate surface area is 147 Å². The van der Waals surface area contributed by atoms with E-state index in [2.05, 4.69) is 40.4 Å². The summed E-state index contributed by atoms with van der Waals surface area (Å²) >= 11 is 0. The minimum Gasteiger partial charge on any atom is -0.356 e. The second-order valence-electron chi connectivity index (χ2n) is 7.45. The van der Waals surface area contributed by atoms with Gasteiger partial charge in [0, 0.05) is 45.8 Å². The van der Waals surface area contributed by atoms with Crippen LogP contribution in [-0.2, 0) is 7.05 Å². The van der Waals surface area contributed by atoms with Crippen molar-refractivity contribution >= 4 is 5.96 Å². The summed E-state index contributed by atoms with van der Waals surface area (Å²) in [5, 5.41) is 7.84. The maximum atomic E-state index is 4.47. The minimum atomic E-state index is 0.577. The second-order valence-corrected chi connectivity index (χ2v) is 7.45. The van der Waals surface area contributed by atoms with Crippen LogP contribution in [-0.4, -0.2) is 47.3 Å². The summed E-state index contributed by atoms with van der Waals surface area (Å²) in [5.41, 5.74) is 1.35. The molecule has 1 fully saturated rings. The molecule has 0 amide bonds. The molecule has 5 heteroatoms. The molecule has 0 aliphatic carbocycles. The Kier molecular flexibility index (Phi) is 7.60. The van der Waals surface area contributed by atoms with Gasteiger partial charge >= 0.3 is 0 Å². The normalized spacial score (nSPS) is 18.6. The molecule has 0 radical (unpaired) electrons. The van der Waals surface area contributed by atoms with E-state index in [1.54, 1.807) is 0 Å². The summed E-state index contributed by atoms with van der Waals surface area (Å²) in [6.07, 6.45) is 12.0. The molecule has 0 saturated carbocycles. The topological polar surface area (TPSA) is 45.5 Å². The van der Waals surface area contributed by atoms with Crippen molar-refractivity contribution in [1.29, 1.82) is 0 Å². The zero-order valence-corrected chi connectivity index (χ0v) is 16.0. The molecule has 1 aliphatic rings. The summed E-state index contributed by atoms with van der Waals surface area (Å²) in [4.78, 5) is 6.86. The maximum absolute atomic E-state index is 4.47. The predicted molar refractivity (Wildman–Crippen MR) is 101 cm³/mol. The zero-order chi connectivity index (χ0) is 17.4. The van der Waals surface area contributed by atoms with Gasteiger partial charge in [-0.1, -0.05) is 39.5 Å². The van der Waals surface area contributed by atoms with Crippen molar-refractivity contribution in [3.05, 3.63) is 18.0 Å². The first-order valence-electron chi connectivity index (χ1n) is 9.54. The smallest absolute Gasteiger partial charge is 0.193 e. The Morgan fingerprint density at radius 1 is 1.33 bits per heavy atom. The van der Waals surface area contributed by atoms with Crippen molar-refractivity contribution < 1.29 is 0 Å². The number of aromatic nitrogens is 2. The van der Waals surface area contributed by atoms with Crippen LogP contribution < -0.4 is 5.32 Å². The van der Waals surface area contributed by atoms with Gasteiger partial charge < -0.3 is 10.2 Å². The SMILES string of the molecule is CN=C(NCCCCCCC(C)C)N1CCC(c2cnn(C)c2)C1. The number of aliphatic imine (C=N–C) groups is 1. The van der Waals surface area contributed by atoms with E-state index in [4.69, 9.17) is 0 Å². The molecule has 1 aromatic heterocycles. The van der Waals surface area contributed by atoms with Crippen LogP contribution in [0.3, 0.4) is 0 Å². The summed E-state index contributed by atoms with van der Waals surface area (Å²) in [6, 6.07) is 0. The van der Waals surface area contributed by atoms with Crippen LogP contribution in [0.1, 0.15) is 63.9 Å². The highest BCUT2D eigenvalue weighted by molar-refractivity contribution is 5.80. The highest BCUT2D eigenvalue weighted by atomic mass is 15.3. The van der Waals surface area contributed by atoms with Crippen LogP contribution >= 0.6 is 0 Å². The first-order valence-corrected chi connectivity index (χ1v) is 9.54. The Hall–Kier alpha value is -1.52. The molecule has 1 saturated heterocycles. The average Bonchev–Trinajstić information content (AvgIpc) is 3.19. The fourth-order valence-electron chi connectivity index (χ4n) is 3.44. The quantitative estimate of drug-likeness (QED) is 0.450. The summed E-state index contributed by atoms with van der Waals surface area (Å²) in [5.74, 6) is 2.47. The van der Waals surface area contributed by atoms with E-state index in [9.17, 15) is 0 Å². The number of hydrogen-bond donors (Lipinski definition) is 1. The molecule has 24 heavy (non-hydrogen) atoms. The van der Waals surface area contributed by atoms with Gasteiger partial charge in [-0.3, -0.25) is 9.67 Å². The van der Waals surface area contributed by atoms with E-state index in [1.807, 2.05) is 25.0 Å². The van der Waals surface area contributed by atoms with Gasteiger partial charge in [0.2, 0.25) is 0 Å². The van der Waals surface area contributed by atoms with Gasteiger partial charge in [-0.25, -0.2) is 0 Å². The van der Waals surface area contributed by atoms with Crippen LogP contribution in [0.15, 0.2) is 17.4 Å². The number of nitrogens with zero attached hydrogens (tertiary/aromatic N) is 4. The minimum absolute atomic E-state index is 0.577. The highest BCUT2D eigenvalue weighted by Gasteiger charge is 2.26. The molecule has 5 nitrogen and oxygen atoms in total. The van der Waals surface area contributed by atoms with Gasteiger partial charge in [0.15, 0.2) is 5.96 Å². The number of hydrogen-bond acceptors (Lipinski definition) is 2. The number of guanidine groups is 1. The van der Waals surface area contributed by atoms with Crippen LogP contribution in [0.4, 0.5) is 0 Å². The Balaban J connectivity index is 1.65. The molecule has 1 N–H and O–H groups in total. The van der Waals surface area contributed by atoms with Crippen LogP contribution in [0.5, 0.6) is 0 Å².